The molecule has 0 saturated heterocycles. The molecule has 15 heteroatoms. The summed E-state index contributed by atoms with van der Waals surface area (Å²) in [6, 6.07) is 28.7. The maximum atomic E-state index is 12.4. The molecular weight excluding hydrogens is 767 g/mol. The molecule has 240 valence electrons. The summed E-state index contributed by atoms with van der Waals surface area (Å²) in [7, 11) is -5.76. The fourth-order valence-electron chi connectivity index (χ4n) is 4.47. The zero-order valence-electron chi connectivity index (χ0n) is 24.5. The van der Waals surface area contributed by atoms with Crippen LogP contribution in [0.4, 0.5) is 13.2 Å². The van der Waals surface area contributed by atoms with Gasteiger partial charge in [-0.2, -0.15) is 39.8 Å². The average Bonchev–Trinajstić information content (AvgIpc) is 3.65. The van der Waals surface area contributed by atoms with Gasteiger partial charge in [0, 0.05) is 65.2 Å². The van der Waals surface area contributed by atoms with E-state index in [2.05, 4.69) is 36.4 Å². The Hall–Kier alpha value is -4.72. The van der Waals surface area contributed by atoms with Crippen LogP contribution >= 0.6 is 17.0 Å². The van der Waals surface area contributed by atoms with E-state index in [1.165, 1.54) is 12.3 Å². The first-order valence-corrected chi connectivity index (χ1v) is 14.9. The van der Waals surface area contributed by atoms with Gasteiger partial charge in [-0.25, -0.2) is 9.97 Å². The molecule has 0 atom stereocenters. The largest absolute Gasteiger partial charge is 0.534 e. The number of para-hydroxylation sites is 2. The van der Waals surface area contributed by atoms with Gasteiger partial charge in [0.1, 0.15) is 5.58 Å². The number of hydrogen-bond donors (Lipinski definition) is 0. The van der Waals surface area contributed by atoms with E-state index in [0.29, 0.717) is 16.5 Å². The minimum atomic E-state index is -5.76. The van der Waals surface area contributed by atoms with Crippen LogP contribution in [0.5, 0.6) is 5.75 Å². The number of aromatic nitrogens is 4. The predicted octanol–water partition coefficient (Wildman–Crippen LogP) is 8.71. The molecule has 0 spiro atoms. The second kappa shape index (κ2) is 15.5. The van der Waals surface area contributed by atoms with Crippen molar-refractivity contribution >= 4 is 71.2 Å². The number of fused-ring (bicyclic) bond motifs is 6. The van der Waals surface area contributed by atoms with Gasteiger partial charge in [0.2, 0.25) is 11.4 Å². The molecule has 0 bridgehead atoms. The average molecular weight is 788 g/mol. The third kappa shape index (κ3) is 7.70. The molecule has 0 saturated carbocycles. The zero-order valence-corrected chi connectivity index (χ0v) is 30.0. The molecule has 0 N–H and O–H groups in total. The predicted molar refractivity (Wildman–Crippen MR) is 175 cm³/mol. The summed E-state index contributed by atoms with van der Waals surface area (Å²) in [4.78, 5) is 16.2. The molecule has 6 aromatic heterocycles. The molecule has 6 heterocycles. The van der Waals surface area contributed by atoms with Crippen LogP contribution in [-0.2, 0) is 29.6 Å². The number of furan rings is 2. The van der Waals surface area contributed by atoms with Gasteiger partial charge in [-0.3, -0.25) is 4.98 Å². The van der Waals surface area contributed by atoms with Gasteiger partial charge in [-0.15, -0.1) is 17.0 Å². The van der Waals surface area contributed by atoms with Crippen LogP contribution in [0.2, 0.25) is 0 Å². The molecule has 0 aliphatic carbocycles. The van der Waals surface area contributed by atoms with Gasteiger partial charge in [-0.1, -0.05) is 42.7 Å². The Bertz CT molecular complexity index is 2350. The molecule has 0 unspecified atom stereocenters. The van der Waals surface area contributed by atoms with Gasteiger partial charge in [0.25, 0.3) is 0 Å². The molecule has 9 nitrogen and oxygen atoms in total. The third-order valence-corrected chi connectivity index (χ3v) is 7.42. The Morgan fingerprint density at radius 2 is 1.23 bits per heavy atom. The molecule has 0 fully saturated rings. The van der Waals surface area contributed by atoms with E-state index in [-0.39, 0.29) is 47.8 Å². The van der Waals surface area contributed by atoms with Crippen molar-refractivity contribution < 1.29 is 54.1 Å². The summed E-state index contributed by atoms with van der Waals surface area (Å²) < 4.78 is 74.6. The van der Waals surface area contributed by atoms with Crippen LogP contribution in [-0.4, -0.2) is 33.9 Å². The Kier molecular flexibility index (Phi) is 11.6. The third-order valence-electron chi connectivity index (χ3n) is 6.45. The van der Waals surface area contributed by atoms with Crippen LogP contribution in [0.15, 0.2) is 131 Å². The monoisotopic (exact) mass is 785 g/mol. The minimum absolute atomic E-state index is 0. The Morgan fingerprint density at radius 3 is 1.77 bits per heavy atom. The normalized spacial score (nSPS) is 11.1. The van der Waals surface area contributed by atoms with Gasteiger partial charge < -0.3 is 18.0 Å². The Labute approximate surface area is 294 Å². The van der Waals surface area contributed by atoms with Gasteiger partial charge >= 0.3 is 15.6 Å². The second-order valence-corrected chi connectivity index (χ2v) is 10.9. The van der Waals surface area contributed by atoms with E-state index in [9.17, 15) is 21.6 Å². The number of rotatable bonds is 3. The summed E-state index contributed by atoms with van der Waals surface area (Å²) in [5.41, 5.74) is -2.04. The number of nitrogens with zero attached hydrogens (tertiary/aromatic N) is 4. The van der Waals surface area contributed by atoms with Crippen LogP contribution in [0, 0.1) is 6.20 Å². The van der Waals surface area contributed by atoms with E-state index >= 15 is 0 Å². The molecule has 2 aromatic carbocycles. The fraction of sp³-hybridized carbons (Fsp3) is 0.0303. The van der Waals surface area contributed by atoms with E-state index in [1.807, 2.05) is 54.6 Å². The Morgan fingerprint density at radius 1 is 0.646 bits per heavy atom. The van der Waals surface area contributed by atoms with Crippen LogP contribution < -0.4 is 4.18 Å². The summed E-state index contributed by atoms with van der Waals surface area (Å²) in [6.07, 6.45) is 9.31. The van der Waals surface area contributed by atoms with E-state index < -0.39 is 21.4 Å². The number of alkyl halides is 3. The molecule has 48 heavy (non-hydrogen) atoms. The first-order valence-electron chi connectivity index (χ1n) is 13.4. The molecule has 8 rings (SSSR count). The first kappa shape index (κ1) is 36.1. The van der Waals surface area contributed by atoms with Crippen LogP contribution in [0.3, 0.4) is 0 Å². The van der Waals surface area contributed by atoms with Gasteiger partial charge in [0.15, 0.2) is 11.3 Å². The SMILES string of the molecule is Br.O=S(=O)(Oc1cccc2c1oc1ncccc12)C(F)(F)F.[Zn].[c-]1ccccn1.c1ccc(-c2cccc3c2oc2ncccc23)nc1. The van der Waals surface area contributed by atoms with Crippen molar-refractivity contribution in [3.05, 3.63) is 128 Å². The van der Waals surface area contributed by atoms with Crippen molar-refractivity contribution in [1.29, 1.82) is 0 Å². The Balaban J connectivity index is 0.000000179. The maximum Gasteiger partial charge on any atom is 0.534 e. The second-order valence-electron chi connectivity index (χ2n) is 9.39. The van der Waals surface area contributed by atoms with Crippen molar-refractivity contribution in [2.24, 2.45) is 0 Å². The van der Waals surface area contributed by atoms with Gasteiger partial charge in [0.05, 0.1) is 5.69 Å². The van der Waals surface area contributed by atoms with Crippen LogP contribution in [0.25, 0.3) is 55.4 Å². The first-order chi connectivity index (χ1) is 22.2. The smallest absolute Gasteiger partial charge is 0.437 e. The number of halogens is 4. The van der Waals surface area contributed by atoms with Crippen molar-refractivity contribution in [2.75, 3.05) is 0 Å². The molecule has 8 aromatic rings. The summed E-state index contributed by atoms with van der Waals surface area (Å²) >= 11 is 0. The minimum Gasteiger partial charge on any atom is -0.437 e. The summed E-state index contributed by atoms with van der Waals surface area (Å²) in [5.74, 6) is -0.539. The molecule has 0 amide bonds. The van der Waals surface area contributed by atoms with Crippen molar-refractivity contribution in [3.63, 3.8) is 0 Å². The molecular formula is C33H21BrF3N4O5SZn-. The summed E-state index contributed by atoms with van der Waals surface area (Å²) in [6.45, 7) is 0. The summed E-state index contributed by atoms with van der Waals surface area (Å²) in [5, 5.41) is 3.07. The van der Waals surface area contributed by atoms with E-state index in [0.717, 1.165) is 33.7 Å². The fourth-order valence-corrected chi connectivity index (χ4v) is 4.93. The zero-order chi connectivity index (χ0) is 32.1. The maximum absolute atomic E-state index is 12.4. The number of pyridine rings is 4. The van der Waals surface area contributed by atoms with Crippen molar-refractivity contribution in [1.82, 2.24) is 19.9 Å². The topological polar surface area (TPSA) is 121 Å². The molecule has 0 aliphatic rings. The van der Waals surface area contributed by atoms with Gasteiger partial charge in [-0.05, 0) is 48.5 Å². The van der Waals surface area contributed by atoms with Crippen molar-refractivity contribution in [2.45, 2.75) is 5.51 Å². The molecule has 0 radical (unpaired) electrons. The van der Waals surface area contributed by atoms with Crippen LogP contribution in [0.1, 0.15) is 0 Å². The molecule has 0 aliphatic heterocycles. The standard InChI is InChI=1S/C16H10N2O.C12H6F3NO4S.C5H4N.BrH.Zn/c1-2-9-17-14(8-1)13-6-3-5-11-12-7-4-10-18-16(12)19-15(11)13;13-12(14,15)21(17,18)20-9-5-1-3-7-8-4-2-6-16-11(8)19-10(7)9;1-2-4-6-5-3-1;;/h1-10H;1-6H;1-4H;1H;/q;;-1;;. The van der Waals surface area contributed by atoms with Crippen molar-refractivity contribution in [3.8, 4) is 17.0 Å². The quantitative estimate of drug-likeness (QED) is 0.0749. The van der Waals surface area contributed by atoms with E-state index in [1.54, 1.807) is 42.9 Å². The number of hydrogen-bond acceptors (Lipinski definition) is 9. The number of benzene rings is 2. The van der Waals surface area contributed by atoms with E-state index in [4.69, 9.17) is 8.83 Å².